The summed E-state index contributed by atoms with van der Waals surface area (Å²) in [6, 6.07) is 4.01. The second-order valence-electron chi connectivity index (χ2n) is 6.03. The first kappa shape index (κ1) is 16.7. The van der Waals surface area contributed by atoms with Crippen molar-refractivity contribution in [3.8, 4) is 11.5 Å². The SMILES string of the molecule is CCOc1cc(/C=C2/C(O)C3CCN2CC3)cc(Br)c1OCC. The average molecular weight is 382 g/mol. The van der Waals surface area contributed by atoms with E-state index in [0.29, 0.717) is 19.1 Å². The monoisotopic (exact) mass is 381 g/mol. The molecule has 1 aromatic carbocycles. The van der Waals surface area contributed by atoms with Crippen LogP contribution in [0.2, 0.25) is 0 Å². The molecule has 3 fully saturated rings. The van der Waals surface area contributed by atoms with Crippen LogP contribution in [0.3, 0.4) is 0 Å². The molecular weight excluding hydrogens is 358 g/mol. The van der Waals surface area contributed by atoms with Gasteiger partial charge in [-0.15, -0.1) is 0 Å². The Balaban J connectivity index is 1.95. The predicted molar refractivity (Wildman–Crippen MR) is 94.8 cm³/mol. The van der Waals surface area contributed by atoms with Gasteiger partial charge in [0.25, 0.3) is 0 Å². The third kappa shape index (κ3) is 3.36. The quantitative estimate of drug-likeness (QED) is 0.844. The third-order valence-corrected chi connectivity index (χ3v) is 5.18. The number of aliphatic hydroxyl groups is 1. The van der Waals surface area contributed by atoms with Crippen LogP contribution in [-0.2, 0) is 0 Å². The van der Waals surface area contributed by atoms with Crippen molar-refractivity contribution in [2.45, 2.75) is 32.8 Å². The Bertz CT molecular complexity index is 590. The van der Waals surface area contributed by atoms with Gasteiger partial charge in [-0.25, -0.2) is 0 Å². The number of halogens is 1. The highest BCUT2D eigenvalue weighted by Crippen LogP contribution is 2.39. The lowest BCUT2D eigenvalue weighted by atomic mass is 9.83. The maximum absolute atomic E-state index is 10.5. The van der Waals surface area contributed by atoms with Crippen molar-refractivity contribution < 1.29 is 14.6 Å². The van der Waals surface area contributed by atoms with Gasteiger partial charge >= 0.3 is 0 Å². The minimum Gasteiger partial charge on any atom is -0.490 e. The Kier molecular flexibility index (Phi) is 5.17. The maximum atomic E-state index is 10.5. The van der Waals surface area contributed by atoms with Gasteiger partial charge < -0.3 is 19.5 Å². The number of aliphatic hydroxyl groups excluding tert-OH is 1. The van der Waals surface area contributed by atoms with Gasteiger partial charge in [0.15, 0.2) is 11.5 Å². The number of nitrogens with zero attached hydrogens (tertiary/aromatic N) is 1. The molecule has 23 heavy (non-hydrogen) atoms. The molecule has 0 spiro atoms. The van der Waals surface area contributed by atoms with Crippen LogP contribution in [-0.4, -0.2) is 42.4 Å². The minimum atomic E-state index is -0.349. The summed E-state index contributed by atoms with van der Waals surface area (Å²) in [5, 5.41) is 10.5. The lowest BCUT2D eigenvalue weighted by Crippen LogP contribution is -2.48. The zero-order valence-electron chi connectivity index (χ0n) is 13.7. The van der Waals surface area contributed by atoms with E-state index in [1.54, 1.807) is 0 Å². The summed E-state index contributed by atoms with van der Waals surface area (Å²) in [5.41, 5.74) is 2.05. The zero-order chi connectivity index (χ0) is 16.4. The van der Waals surface area contributed by atoms with Crippen molar-refractivity contribution in [3.63, 3.8) is 0 Å². The van der Waals surface area contributed by atoms with E-state index in [4.69, 9.17) is 9.47 Å². The molecule has 4 rings (SSSR count). The summed E-state index contributed by atoms with van der Waals surface area (Å²) in [4.78, 5) is 2.30. The molecule has 1 N–H and O–H groups in total. The number of fused-ring (bicyclic) bond motifs is 3. The topological polar surface area (TPSA) is 41.9 Å². The Morgan fingerprint density at radius 2 is 1.91 bits per heavy atom. The Morgan fingerprint density at radius 1 is 1.22 bits per heavy atom. The van der Waals surface area contributed by atoms with Gasteiger partial charge in [0, 0.05) is 18.8 Å². The molecule has 0 saturated carbocycles. The van der Waals surface area contributed by atoms with Gasteiger partial charge in [-0.05, 0) is 72.3 Å². The molecule has 5 heteroatoms. The van der Waals surface area contributed by atoms with Gasteiger partial charge in [0.1, 0.15) is 0 Å². The summed E-state index contributed by atoms with van der Waals surface area (Å²) in [5.74, 6) is 1.88. The van der Waals surface area contributed by atoms with Crippen LogP contribution in [0.5, 0.6) is 11.5 Å². The Labute approximate surface area is 146 Å². The largest absolute Gasteiger partial charge is 0.490 e. The van der Waals surface area contributed by atoms with Crippen molar-refractivity contribution in [1.82, 2.24) is 4.90 Å². The number of hydrogen-bond acceptors (Lipinski definition) is 4. The summed E-state index contributed by atoms with van der Waals surface area (Å²) in [6.07, 6.45) is 3.92. The zero-order valence-corrected chi connectivity index (χ0v) is 15.3. The molecule has 3 aliphatic heterocycles. The van der Waals surface area contributed by atoms with E-state index in [2.05, 4.69) is 26.9 Å². The summed E-state index contributed by atoms with van der Waals surface area (Å²) >= 11 is 3.58. The van der Waals surface area contributed by atoms with Gasteiger partial charge in [-0.1, -0.05) is 0 Å². The normalized spacial score (nSPS) is 25.0. The van der Waals surface area contributed by atoms with Gasteiger partial charge in [0.05, 0.1) is 23.8 Å². The highest BCUT2D eigenvalue weighted by molar-refractivity contribution is 9.10. The van der Waals surface area contributed by atoms with Gasteiger partial charge in [-0.3, -0.25) is 0 Å². The molecule has 0 aromatic heterocycles. The molecule has 0 radical (unpaired) electrons. The first-order valence-corrected chi connectivity index (χ1v) is 9.17. The van der Waals surface area contributed by atoms with Gasteiger partial charge in [-0.2, -0.15) is 0 Å². The number of rotatable bonds is 5. The summed E-state index contributed by atoms with van der Waals surface area (Å²) < 4.78 is 12.3. The smallest absolute Gasteiger partial charge is 0.175 e. The van der Waals surface area contributed by atoms with Crippen LogP contribution in [0, 0.1) is 5.92 Å². The van der Waals surface area contributed by atoms with Crippen molar-refractivity contribution in [1.29, 1.82) is 0 Å². The highest BCUT2D eigenvalue weighted by atomic mass is 79.9. The fourth-order valence-electron chi connectivity index (χ4n) is 3.47. The Hall–Kier alpha value is -1.20. The van der Waals surface area contributed by atoms with E-state index in [9.17, 15) is 5.11 Å². The average Bonchev–Trinajstić information content (AvgIpc) is 2.55. The molecule has 0 amide bonds. The predicted octanol–water partition coefficient (Wildman–Crippen LogP) is 3.67. The van der Waals surface area contributed by atoms with E-state index in [-0.39, 0.29) is 6.10 Å². The number of piperidine rings is 3. The number of hydrogen-bond donors (Lipinski definition) is 1. The fourth-order valence-corrected chi connectivity index (χ4v) is 4.04. The fraction of sp³-hybridized carbons (Fsp3) is 0.556. The van der Waals surface area contributed by atoms with E-state index in [1.807, 2.05) is 26.0 Å². The lowest BCUT2D eigenvalue weighted by Gasteiger charge is -2.46. The minimum absolute atomic E-state index is 0.349. The number of ether oxygens (including phenoxy) is 2. The van der Waals surface area contributed by atoms with E-state index >= 15 is 0 Å². The second-order valence-corrected chi connectivity index (χ2v) is 6.89. The maximum Gasteiger partial charge on any atom is 0.175 e. The highest BCUT2D eigenvalue weighted by Gasteiger charge is 2.36. The van der Waals surface area contributed by atoms with Crippen LogP contribution < -0.4 is 9.47 Å². The molecule has 4 nitrogen and oxygen atoms in total. The molecular formula is C18H24BrNO3. The Morgan fingerprint density at radius 3 is 2.52 bits per heavy atom. The van der Waals surface area contributed by atoms with E-state index in [0.717, 1.165) is 53.2 Å². The first-order chi connectivity index (χ1) is 11.1. The number of benzene rings is 1. The molecule has 1 atom stereocenters. The molecule has 2 bridgehead atoms. The van der Waals surface area contributed by atoms with Crippen molar-refractivity contribution in [3.05, 3.63) is 27.9 Å². The van der Waals surface area contributed by atoms with Crippen LogP contribution in [0.25, 0.3) is 6.08 Å². The lowest BCUT2D eigenvalue weighted by molar-refractivity contribution is 0.0215. The van der Waals surface area contributed by atoms with Crippen LogP contribution >= 0.6 is 15.9 Å². The van der Waals surface area contributed by atoms with Gasteiger partial charge in [0.2, 0.25) is 0 Å². The summed E-state index contributed by atoms with van der Waals surface area (Å²) in [6.45, 7) is 7.19. The van der Waals surface area contributed by atoms with Crippen molar-refractivity contribution >= 4 is 22.0 Å². The molecule has 126 valence electrons. The van der Waals surface area contributed by atoms with Crippen LogP contribution in [0.15, 0.2) is 22.3 Å². The molecule has 1 unspecified atom stereocenters. The first-order valence-electron chi connectivity index (χ1n) is 8.37. The molecule has 1 aromatic rings. The van der Waals surface area contributed by atoms with Crippen molar-refractivity contribution in [2.24, 2.45) is 5.92 Å². The standard InChI is InChI=1S/C18H24BrNO3/c1-3-22-16-11-12(9-14(19)18(16)23-4-2)10-15-17(21)13-5-7-20(15)8-6-13/h9-11,13,17,21H,3-8H2,1-2H3/b15-10-. The van der Waals surface area contributed by atoms with E-state index in [1.165, 1.54) is 0 Å². The molecule has 3 saturated heterocycles. The molecule has 0 aliphatic carbocycles. The molecule has 3 aliphatic rings. The second kappa shape index (κ2) is 7.14. The van der Waals surface area contributed by atoms with E-state index < -0.39 is 0 Å². The molecule has 3 heterocycles. The third-order valence-electron chi connectivity index (χ3n) is 4.59. The summed E-state index contributed by atoms with van der Waals surface area (Å²) in [7, 11) is 0. The van der Waals surface area contributed by atoms with Crippen LogP contribution in [0.4, 0.5) is 0 Å². The van der Waals surface area contributed by atoms with Crippen LogP contribution in [0.1, 0.15) is 32.3 Å². The van der Waals surface area contributed by atoms with Crippen molar-refractivity contribution in [2.75, 3.05) is 26.3 Å².